The van der Waals surface area contributed by atoms with Gasteiger partial charge in [-0.25, -0.2) is 0 Å². The third-order valence-electron chi connectivity index (χ3n) is 4.79. The molecule has 1 aliphatic carbocycles. The molecule has 20 heavy (non-hydrogen) atoms. The molecule has 0 radical (unpaired) electrons. The van der Waals surface area contributed by atoms with Gasteiger partial charge in [0.1, 0.15) is 0 Å². The van der Waals surface area contributed by atoms with Gasteiger partial charge in [0, 0.05) is 31.4 Å². The van der Waals surface area contributed by atoms with Crippen LogP contribution in [0.5, 0.6) is 0 Å². The van der Waals surface area contributed by atoms with Crippen molar-refractivity contribution in [3.05, 3.63) is 21.8 Å². The lowest BCUT2D eigenvalue weighted by Crippen LogP contribution is -2.31. The molecular weight excluding hydrogens is 244 g/mol. The molecule has 0 spiro atoms. The van der Waals surface area contributed by atoms with Crippen LogP contribution in [-0.4, -0.2) is 17.8 Å². The third kappa shape index (κ3) is 2.61. The fourth-order valence-electron chi connectivity index (χ4n) is 3.45. The maximum Gasteiger partial charge on any atom is 0.0494 e. The molecule has 2 rings (SSSR count). The van der Waals surface area contributed by atoms with Crippen molar-refractivity contribution < 1.29 is 0 Å². The molecule has 0 N–H and O–H groups in total. The minimum absolute atomic E-state index is 0.396. The van der Waals surface area contributed by atoms with E-state index in [0.29, 0.717) is 5.41 Å². The van der Waals surface area contributed by atoms with Gasteiger partial charge in [0.2, 0.25) is 0 Å². The first-order valence-electron chi connectivity index (χ1n) is 7.65. The number of nitrogens with zero attached hydrogens (tertiary/aromatic N) is 2. The predicted molar refractivity (Wildman–Crippen MR) is 88.7 cm³/mol. The Hall–Kier alpha value is -1.31. The highest BCUT2D eigenvalue weighted by Gasteiger charge is 2.30. The van der Waals surface area contributed by atoms with Gasteiger partial charge in [-0.3, -0.25) is 4.99 Å². The summed E-state index contributed by atoms with van der Waals surface area (Å²) in [6.45, 7) is 9.27. The smallest absolute Gasteiger partial charge is 0.0494 e. The number of hydrogen-bond acceptors (Lipinski definition) is 1. The first kappa shape index (κ1) is 15.1. The topological polar surface area (TPSA) is 17.3 Å². The lowest BCUT2D eigenvalue weighted by molar-refractivity contribution is 0.214. The van der Waals surface area contributed by atoms with E-state index >= 15 is 0 Å². The first-order valence-corrected chi connectivity index (χ1v) is 7.65. The fraction of sp³-hybridized carbons (Fsp3) is 0.611. The van der Waals surface area contributed by atoms with Crippen LogP contribution in [0.4, 0.5) is 0 Å². The highest BCUT2D eigenvalue weighted by molar-refractivity contribution is 5.90. The zero-order valence-electron chi connectivity index (χ0n) is 13.8. The molecule has 2 heteroatoms. The van der Waals surface area contributed by atoms with E-state index in [0.717, 1.165) is 5.92 Å². The summed E-state index contributed by atoms with van der Waals surface area (Å²) in [5.74, 6) is 0.781. The van der Waals surface area contributed by atoms with Gasteiger partial charge in [0.15, 0.2) is 0 Å². The van der Waals surface area contributed by atoms with E-state index in [1.54, 1.807) is 5.56 Å². The van der Waals surface area contributed by atoms with E-state index in [2.05, 4.69) is 56.5 Å². The quantitative estimate of drug-likeness (QED) is 0.699. The number of fused-ring (bicyclic) bond motifs is 1. The standard InChI is InChI=1S/C18H28N2/c1-7-14-15-12-13(18(2,3)4)8-9-16(15)20(6)17(14)10-11-19-5/h7,10-11,13H,8-9,12H2,1-6H3. The van der Waals surface area contributed by atoms with Crippen molar-refractivity contribution in [2.24, 2.45) is 23.4 Å². The Morgan fingerprint density at radius 3 is 2.55 bits per heavy atom. The molecule has 0 bridgehead atoms. The van der Waals surface area contributed by atoms with E-state index in [-0.39, 0.29) is 0 Å². The van der Waals surface area contributed by atoms with Crippen molar-refractivity contribution in [2.75, 3.05) is 7.05 Å². The van der Waals surface area contributed by atoms with Gasteiger partial charge in [-0.15, -0.1) is 0 Å². The molecule has 1 aromatic rings. The molecule has 1 aromatic heterocycles. The summed E-state index contributed by atoms with van der Waals surface area (Å²) in [4.78, 5) is 4.10. The lowest BCUT2D eigenvalue weighted by Gasteiger charge is -2.34. The molecule has 0 saturated carbocycles. The Morgan fingerprint density at radius 1 is 1.30 bits per heavy atom. The van der Waals surface area contributed by atoms with Crippen LogP contribution in [0.15, 0.2) is 4.99 Å². The van der Waals surface area contributed by atoms with Crippen LogP contribution in [0.2, 0.25) is 0 Å². The third-order valence-corrected chi connectivity index (χ3v) is 4.79. The second-order valence-corrected chi connectivity index (χ2v) is 6.95. The summed E-state index contributed by atoms with van der Waals surface area (Å²) >= 11 is 0. The monoisotopic (exact) mass is 272 g/mol. The zero-order valence-corrected chi connectivity index (χ0v) is 13.8. The van der Waals surface area contributed by atoms with Gasteiger partial charge in [0.25, 0.3) is 0 Å². The summed E-state index contributed by atoms with van der Waals surface area (Å²) in [5.41, 5.74) is 3.49. The summed E-state index contributed by atoms with van der Waals surface area (Å²) in [5, 5.41) is 2.72. The summed E-state index contributed by atoms with van der Waals surface area (Å²) in [6, 6.07) is 0. The van der Waals surface area contributed by atoms with Crippen molar-refractivity contribution in [1.82, 2.24) is 4.57 Å². The molecule has 0 amide bonds. The van der Waals surface area contributed by atoms with Crippen molar-refractivity contribution in [3.63, 3.8) is 0 Å². The summed E-state index contributed by atoms with van der Waals surface area (Å²) in [7, 11) is 4.02. The molecule has 0 aliphatic heterocycles. The van der Waals surface area contributed by atoms with Crippen LogP contribution in [0.25, 0.3) is 12.2 Å². The highest BCUT2D eigenvalue weighted by Crippen LogP contribution is 2.35. The first-order chi connectivity index (χ1) is 9.40. The highest BCUT2D eigenvalue weighted by atomic mass is 14.9. The Bertz CT molecular complexity index is 624. The number of aromatic nitrogens is 1. The van der Waals surface area contributed by atoms with Crippen LogP contribution >= 0.6 is 0 Å². The average molecular weight is 272 g/mol. The molecule has 0 saturated heterocycles. The van der Waals surface area contributed by atoms with E-state index in [1.165, 1.54) is 35.5 Å². The molecule has 1 aliphatic rings. The zero-order chi connectivity index (χ0) is 14.9. The second-order valence-electron chi connectivity index (χ2n) is 6.95. The maximum absolute atomic E-state index is 4.10. The number of rotatable bonds is 1. The minimum atomic E-state index is 0.396. The van der Waals surface area contributed by atoms with Crippen LogP contribution in [0, 0.1) is 11.3 Å². The molecule has 1 heterocycles. The van der Waals surface area contributed by atoms with Crippen LogP contribution in [-0.2, 0) is 19.9 Å². The van der Waals surface area contributed by atoms with Crippen molar-refractivity contribution >= 4 is 18.4 Å². The van der Waals surface area contributed by atoms with Gasteiger partial charge < -0.3 is 4.57 Å². The molecule has 2 nitrogen and oxygen atoms in total. The van der Waals surface area contributed by atoms with Crippen molar-refractivity contribution in [3.8, 4) is 0 Å². The lowest BCUT2D eigenvalue weighted by atomic mass is 9.71. The van der Waals surface area contributed by atoms with E-state index < -0.39 is 0 Å². The Morgan fingerprint density at radius 2 is 2.00 bits per heavy atom. The van der Waals surface area contributed by atoms with Crippen LogP contribution < -0.4 is 10.6 Å². The fourth-order valence-corrected chi connectivity index (χ4v) is 3.45. The SMILES string of the molecule is CC=c1c2c(n(C)c1=CC=NC)CCC(C(C)(C)C)C2. The summed E-state index contributed by atoms with van der Waals surface area (Å²) < 4.78 is 2.37. The van der Waals surface area contributed by atoms with Crippen molar-refractivity contribution in [2.45, 2.75) is 47.0 Å². The largest absolute Gasteiger partial charge is 0.347 e. The molecule has 0 aromatic carbocycles. The maximum atomic E-state index is 4.10. The van der Waals surface area contributed by atoms with Crippen LogP contribution in [0.3, 0.4) is 0 Å². The van der Waals surface area contributed by atoms with E-state index in [1.807, 2.05) is 13.3 Å². The van der Waals surface area contributed by atoms with Gasteiger partial charge in [-0.2, -0.15) is 0 Å². The van der Waals surface area contributed by atoms with E-state index in [4.69, 9.17) is 0 Å². The Labute approximate surface area is 122 Å². The average Bonchev–Trinajstić information content (AvgIpc) is 2.67. The normalized spacial score (nSPS) is 21.8. The van der Waals surface area contributed by atoms with E-state index in [9.17, 15) is 0 Å². The van der Waals surface area contributed by atoms with Crippen LogP contribution in [0.1, 0.15) is 45.4 Å². The van der Waals surface area contributed by atoms with Gasteiger partial charge in [-0.1, -0.05) is 26.8 Å². The minimum Gasteiger partial charge on any atom is -0.347 e. The predicted octanol–water partition coefficient (Wildman–Crippen LogP) is 2.46. The number of hydrogen-bond donors (Lipinski definition) is 0. The van der Waals surface area contributed by atoms with Gasteiger partial charge in [0.05, 0.1) is 0 Å². The molecule has 0 fully saturated rings. The van der Waals surface area contributed by atoms with Gasteiger partial charge >= 0.3 is 0 Å². The molecule has 1 unspecified atom stereocenters. The molecule has 1 atom stereocenters. The Balaban J connectivity index is 2.59. The Kier molecular flexibility index (Phi) is 4.22. The molecular formula is C18H28N2. The molecule has 110 valence electrons. The van der Waals surface area contributed by atoms with Gasteiger partial charge in [-0.05, 0) is 54.4 Å². The summed E-state index contributed by atoms with van der Waals surface area (Å²) in [6.07, 6.45) is 10.0. The number of aliphatic imine (C=N–C) groups is 1. The second kappa shape index (κ2) is 5.59. The van der Waals surface area contributed by atoms with Crippen molar-refractivity contribution in [1.29, 1.82) is 0 Å².